The molecule has 0 spiro atoms. The first-order valence-corrected chi connectivity index (χ1v) is 9.73. The second-order valence-corrected chi connectivity index (χ2v) is 7.65. The molecule has 0 aromatic carbocycles. The van der Waals surface area contributed by atoms with Gasteiger partial charge in [-0.25, -0.2) is 15.3 Å². The molecule has 0 atom stereocenters. The van der Waals surface area contributed by atoms with Gasteiger partial charge in [0.15, 0.2) is 17.1 Å². The zero-order chi connectivity index (χ0) is 33.0. The van der Waals surface area contributed by atoms with Crippen molar-refractivity contribution in [1.29, 1.82) is 0 Å². The Balaban J connectivity index is 0.00000302. The zero-order valence-corrected chi connectivity index (χ0v) is 20.6. The van der Waals surface area contributed by atoms with Gasteiger partial charge in [0.1, 0.15) is 17.1 Å². The fourth-order valence-corrected chi connectivity index (χ4v) is 3.38. The number of hydrogen-bond donors (Lipinski definition) is 0. The number of halogens is 18. The fourth-order valence-electron chi connectivity index (χ4n) is 3.38. The molecule has 27 heteroatoms. The summed E-state index contributed by atoms with van der Waals surface area (Å²) < 4.78 is 245. The summed E-state index contributed by atoms with van der Waals surface area (Å²) >= 11 is 0. The van der Waals surface area contributed by atoms with E-state index in [4.69, 9.17) is 4.65 Å². The molecule has 43 heavy (non-hydrogen) atoms. The van der Waals surface area contributed by atoms with E-state index in [0.29, 0.717) is 0 Å². The first kappa shape index (κ1) is 37.9. The normalized spacial score (nSPS) is 13.5. The van der Waals surface area contributed by atoms with Crippen molar-refractivity contribution in [2.45, 2.75) is 37.1 Å². The molecule has 0 unspecified atom stereocenters. The monoisotopic (exact) mass is 756 g/mol. The SMILES string of the molecule is FC(F)(F)c1cc(C(F)(F)F)n([BH-](n2nc(C(F)(F)F)cc2C(F)(F)F)n2nc(C(F)(F)F)cc2C(F)(F)F)n1.[Ag+].[C-]#[O+]. The van der Waals surface area contributed by atoms with Crippen LogP contribution in [-0.2, 0) is 64.1 Å². The molecule has 0 aliphatic carbocycles. The first-order chi connectivity index (χ1) is 18.6. The average molecular weight is 757 g/mol. The van der Waals surface area contributed by atoms with Crippen LogP contribution < -0.4 is 0 Å². The third kappa shape index (κ3) is 8.10. The van der Waals surface area contributed by atoms with Crippen LogP contribution in [0.25, 0.3) is 0 Å². The molecule has 3 aromatic rings. The number of rotatable bonds is 3. The Bertz CT molecular complexity index is 1270. The minimum absolute atomic E-state index is 0. The Labute approximate surface area is 238 Å². The molecule has 3 aromatic heterocycles. The Morgan fingerprint density at radius 3 is 0.767 bits per heavy atom. The van der Waals surface area contributed by atoms with E-state index in [1.54, 1.807) is 0 Å². The number of nitrogens with zero attached hydrogens (tertiary/aromatic N) is 6. The van der Waals surface area contributed by atoms with Crippen molar-refractivity contribution in [3.63, 3.8) is 0 Å². The van der Waals surface area contributed by atoms with E-state index in [0.717, 1.165) is 0 Å². The van der Waals surface area contributed by atoms with E-state index in [9.17, 15) is 79.0 Å². The van der Waals surface area contributed by atoms with Crippen LogP contribution in [-0.4, -0.2) is 36.2 Å². The maximum absolute atomic E-state index is 13.6. The van der Waals surface area contributed by atoms with Gasteiger partial charge in [0.2, 0.25) is 0 Å². The van der Waals surface area contributed by atoms with Gasteiger partial charge >= 0.3 is 77.9 Å². The van der Waals surface area contributed by atoms with Crippen LogP contribution in [0.2, 0.25) is 0 Å². The molecular weight excluding hydrogens is 753 g/mol. The summed E-state index contributed by atoms with van der Waals surface area (Å²) in [5.74, 6) is 0. The summed E-state index contributed by atoms with van der Waals surface area (Å²) in [6.07, 6.45) is -36.1. The Morgan fingerprint density at radius 2 is 0.628 bits per heavy atom. The van der Waals surface area contributed by atoms with Crippen LogP contribution in [0.5, 0.6) is 0 Å². The maximum atomic E-state index is 13.6. The molecule has 0 saturated carbocycles. The van der Waals surface area contributed by atoms with Gasteiger partial charge in [-0.05, 0) is 18.2 Å². The molecule has 0 bridgehead atoms. The topological polar surface area (TPSA) is 73.4 Å². The number of alkyl halides is 18. The molecule has 3 rings (SSSR count). The van der Waals surface area contributed by atoms with Gasteiger partial charge in [-0.2, -0.15) is 79.0 Å². The standard InChI is InChI=1S/C15H4BF18N6.CO.Ag/c17-10(18,19)4-1-7(13(26,27)28)38(35-4)16(39-8(14(29,30)31)2-5(36-39)11(20,21)22)40-9(15(32,33)34)3-6(37-40)12(23,24)25;1-2;/h1-3,16H;;/q-1;;+1. The molecule has 3 heterocycles. The quantitative estimate of drug-likeness (QED) is 0.142. The van der Waals surface area contributed by atoms with Crippen LogP contribution >= 0.6 is 0 Å². The molecule has 0 N–H and O–H groups in total. The van der Waals surface area contributed by atoms with Crippen molar-refractivity contribution in [2.75, 3.05) is 0 Å². The first-order valence-electron chi connectivity index (χ1n) is 9.73. The van der Waals surface area contributed by atoms with Gasteiger partial charge in [-0.15, -0.1) is 0 Å². The molecule has 0 amide bonds. The second kappa shape index (κ2) is 11.8. The van der Waals surface area contributed by atoms with Crippen molar-refractivity contribution in [3.05, 3.63) is 59.0 Å². The van der Waals surface area contributed by atoms with Gasteiger partial charge < -0.3 is 13.8 Å². The summed E-state index contributed by atoms with van der Waals surface area (Å²) in [6.45, 7) is 4.50. The Kier molecular flexibility index (Phi) is 10.4. The summed E-state index contributed by atoms with van der Waals surface area (Å²) in [4.78, 5) is 0. The van der Waals surface area contributed by atoms with Crippen molar-refractivity contribution in [3.8, 4) is 0 Å². The Hall–Kier alpha value is -3.08. The molecular formula is C16H4AgBF18N6O. The van der Waals surface area contributed by atoms with Crippen molar-refractivity contribution in [2.24, 2.45) is 0 Å². The summed E-state index contributed by atoms with van der Waals surface area (Å²) in [7, 11) is -5.30. The van der Waals surface area contributed by atoms with Crippen molar-refractivity contribution < 1.29 is 106 Å². The van der Waals surface area contributed by atoms with E-state index < -0.39 is 110 Å². The Morgan fingerprint density at radius 1 is 0.442 bits per heavy atom. The summed E-state index contributed by atoms with van der Waals surface area (Å²) in [5.41, 5.74) is -16.3. The predicted molar refractivity (Wildman–Crippen MR) is 94.0 cm³/mol. The predicted octanol–water partition coefficient (Wildman–Crippen LogP) is 6.01. The van der Waals surface area contributed by atoms with E-state index in [1.807, 2.05) is 0 Å². The van der Waals surface area contributed by atoms with Crippen molar-refractivity contribution in [1.82, 2.24) is 29.1 Å². The van der Waals surface area contributed by atoms with Gasteiger partial charge in [0.05, 0.1) is 0 Å². The average Bonchev–Trinajstić information content (AvgIpc) is 3.50. The molecule has 244 valence electrons. The molecule has 0 aliphatic rings. The molecule has 7 nitrogen and oxygen atoms in total. The molecule has 0 aliphatic heterocycles. The van der Waals surface area contributed by atoms with Gasteiger partial charge in [-0.3, -0.25) is 0 Å². The summed E-state index contributed by atoms with van der Waals surface area (Å²) in [6, 6.07) is -2.82. The van der Waals surface area contributed by atoms with Gasteiger partial charge in [0, 0.05) is 0 Å². The summed E-state index contributed by atoms with van der Waals surface area (Å²) in [5, 5.41) is 6.84. The minimum atomic E-state index is -6.13. The number of hydrogen-bond acceptors (Lipinski definition) is 3. The van der Waals surface area contributed by atoms with E-state index in [-0.39, 0.29) is 22.4 Å². The van der Waals surface area contributed by atoms with E-state index in [2.05, 4.69) is 21.9 Å². The van der Waals surface area contributed by atoms with Crippen LogP contribution in [0.1, 0.15) is 34.2 Å². The fraction of sp³-hybridized carbons (Fsp3) is 0.375. The molecule has 0 fully saturated rings. The van der Waals surface area contributed by atoms with E-state index in [1.165, 1.54) is 0 Å². The molecule has 0 saturated heterocycles. The van der Waals surface area contributed by atoms with E-state index >= 15 is 0 Å². The van der Waals surface area contributed by atoms with Crippen molar-refractivity contribution >= 4 is 7.12 Å². The van der Waals surface area contributed by atoms with Gasteiger partial charge in [0.25, 0.3) is 0 Å². The molecule has 0 radical (unpaired) electrons. The third-order valence-corrected chi connectivity index (χ3v) is 4.89. The van der Waals surface area contributed by atoms with Crippen LogP contribution in [0.15, 0.2) is 18.2 Å². The van der Waals surface area contributed by atoms with Crippen LogP contribution in [0.3, 0.4) is 0 Å². The number of aromatic nitrogens is 6. The third-order valence-electron chi connectivity index (χ3n) is 4.89. The second-order valence-electron chi connectivity index (χ2n) is 7.65. The van der Waals surface area contributed by atoms with Crippen LogP contribution in [0, 0.1) is 6.65 Å². The van der Waals surface area contributed by atoms with Crippen LogP contribution in [0.4, 0.5) is 79.0 Å². The zero-order valence-electron chi connectivity index (χ0n) is 19.1. The van der Waals surface area contributed by atoms with Gasteiger partial charge in [-0.1, -0.05) is 0 Å².